The van der Waals surface area contributed by atoms with E-state index in [2.05, 4.69) is 43.4 Å². The summed E-state index contributed by atoms with van der Waals surface area (Å²) < 4.78 is 1.81. The number of benzene rings is 1. The van der Waals surface area contributed by atoms with Gasteiger partial charge in [0.1, 0.15) is 5.69 Å². The molecule has 4 nitrogen and oxygen atoms in total. The molecule has 1 heterocycles. The van der Waals surface area contributed by atoms with Crippen molar-refractivity contribution < 1.29 is 4.79 Å². The normalized spacial score (nSPS) is 11.1. The Kier molecular flexibility index (Phi) is 6.49. The smallest absolute Gasteiger partial charge is 0.272 e. The molecule has 1 aromatic heterocycles. The highest BCUT2D eigenvalue weighted by Crippen LogP contribution is 2.18. The lowest BCUT2D eigenvalue weighted by atomic mass is 10.1. The average molecular weight is 346 g/mol. The molecule has 0 atom stereocenters. The Balaban J connectivity index is 2.16. The average Bonchev–Trinajstić information content (AvgIpc) is 2.96. The number of nitrogens with zero attached hydrogens (tertiary/aromatic N) is 3. The third-order valence-electron chi connectivity index (χ3n) is 3.87. The fourth-order valence-corrected chi connectivity index (χ4v) is 3.20. The van der Waals surface area contributed by atoms with Gasteiger partial charge < -0.3 is 4.90 Å². The first kappa shape index (κ1) is 18.6. The number of hydrogen-bond donors (Lipinski definition) is 0. The van der Waals surface area contributed by atoms with Gasteiger partial charge in [-0.3, -0.25) is 9.48 Å². The van der Waals surface area contributed by atoms with E-state index >= 15 is 0 Å². The Morgan fingerprint density at radius 1 is 1.33 bits per heavy atom. The maximum atomic E-state index is 12.8. The molecule has 0 saturated heterocycles. The molecule has 0 fully saturated rings. The molecule has 0 saturated carbocycles. The van der Waals surface area contributed by atoms with Crippen LogP contribution in [0.5, 0.6) is 0 Å². The quantitative estimate of drug-likeness (QED) is 0.709. The van der Waals surface area contributed by atoms with E-state index in [1.807, 2.05) is 30.8 Å². The molecule has 5 heteroatoms. The summed E-state index contributed by atoms with van der Waals surface area (Å²) in [7, 11) is 1.85. The molecule has 1 aromatic carbocycles. The van der Waals surface area contributed by atoms with Crippen LogP contribution in [-0.4, -0.2) is 33.9 Å². The first-order chi connectivity index (χ1) is 11.4. The Bertz CT molecular complexity index is 694. The van der Waals surface area contributed by atoms with Gasteiger partial charge in [0.05, 0.1) is 5.69 Å². The molecule has 0 unspecified atom stereocenters. The largest absolute Gasteiger partial charge is 0.336 e. The first-order valence-corrected chi connectivity index (χ1v) is 9.62. The van der Waals surface area contributed by atoms with E-state index in [4.69, 9.17) is 0 Å². The number of aromatic nitrogens is 2. The minimum atomic E-state index is 0.0221. The molecule has 130 valence electrons. The standard InChI is InChI=1S/C19H27N3OS/c1-6-22-18(12-16(20-22)10-14(2)3)19(23)21(4)13-15-8-7-9-17(11-15)24-5/h7-9,11-12,14H,6,10,13H2,1-5H3. The summed E-state index contributed by atoms with van der Waals surface area (Å²) >= 11 is 1.71. The van der Waals surface area contributed by atoms with Crippen LogP contribution in [0.3, 0.4) is 0 Å². The number of thioether (sulfide) groups is 1. The van der Waals surface area contributed by atoms with Crippen molar-refractivity contribution in [2.45, 2.75) is 45.2 Å². The second-order valence-electron chi connectivity index (χ2n) is 6.45. The number of aryl methyl sites for hydroxylation is 1. The lowest BCUT2D eigenvalue weighted by Crippen LogP contribution is -2.28. The number of hydrogen-bond acceptors (Lipinski definition) is 3. The fraction of sp³-hybridized carbons (Fsp3) is 0.474. The van der Waals surface area contributed by atoms with Crippen LogP contribution in [0.4, 0.5) is 0 Å². The van der Waals surface area contributed by atoms with Gasteiger partial charge in [-0.2, -0.15) is 5.10 Å². The van der Waals surface area contributed by atoms with Crippen LogP contribution in [0.1, 0.15) is 42.5 Å². The highest BCUT2D eigenvalue weighted by atomic mass is 32.2. The molecule has 0 aliphatic rings. The van der Waals surface area contributed by atoms with Gasteiger partial charge in [-0.25, -0.2) is 0 Å². The highest BCUT2D eigenvalue weighted by Gasteiger charge is 2.19. The highest BCUT2D eigenvalue weighted by molar-refractivity contribution is 7.98. The summed E-state index contributed by atoms with van der Waals surface area (Å²) in [6.45, 7) is 7.65. The van der Waals surface area contributed by atoms with Crippen LogP contribution in [0, 0.1) is 5.92 Å². The second-order valence-corrected chi connectivity index (χ2v) is 7.33. The molecule has 2 rings (SSSR count). The predicted molar refractivity (Wildman–Crippen MR) is 100 cm³/mol. The van der Waals surface area contributed by atoms with Crippen LogP contribution in [0.2, 0.25) is 0 Å². The van der Waals surface area contributed by atoms with Crippen LogP contribution in [-0.2, 0) is 19.5 Å². The molecule has 0 spiro atoms. The minimum absolute atomic E-state index is 0.0221. The Morgan fingerprint density at radius 2 is 2.08 bits per heavy atom. The molecule has 2 aromatic rings. The van der Waals surface area contributed by atoms with Gasteiger partial charge in [-0.15, -0.1) is 11.8 Å². The minimum Gasteiger partial charge on any atom is -0.336 e. The SMILES string of the molecule is CCn1nc(CC(C)C)cc1C(=O)N(C)Cc1cccc(SC)c1. The van der Waals surface area contributed by atoms with Crippen LogP contribution >= 0.6 is 11.8 Å². The van der Waals surface area contributed by atoms with Crippen molar-refractivity contribution in [3.8, 4) is 0 Å². The molecule has 0 aliphatic heterocycles. The van der Waals surface area contributed by atoms with Gasteiger partial charge in [-0.05, 0) is 49.3 Å². The van der Waals surface area contributed by atoms with E-state index in [-0.39, 0.29) is 5.91 Å². The molecule has 0 N–H and O–H groups in total. The van der Waals surface area contributed by atoms with Gasteiger partial charge in [0.2, 0.25) is 0 Å². The number of amides is 1. The van der Waals surface area contributed by atoms with E-state index in [1.165, 1.54) is 4.90 Å². The van der Waals surface area contributed by atoms with Crippen LogP contribution < -0.4 is 0 Å². The Morgan fingerprint density at radius 3 is 2.71 bits per heavy atom. The predicted octanol–water partition coefficient (Wildman–Crippen LogP) is 4.10. The lowest BCUT2D eigenvalue weighted by Gasteiger charge is -2.18. The fourth-order valence-electron chi connectivity index (χ4n) is 2.71. The van der Waals surface area contributed by atoms with E-state index in [9.17, 15) is 4.79 Å². The van der Waals surface area contributed by atoms with Crippen molar-refractivity contribution in [3.63, 3.8) is 0 Å². The topological polar surface area (TPSA) is 38.1 Å². The molecular formula is C19H27N3OS. The lowest BCUT2D eigenvalue weighted by molar-refractivity contribution is 0.0772. The summed E-state index contributed by atoms with van der Waals surface area (Å²) in [5, 5.41) is 4.57. The Labute approximate surface area is 149 Å². The van der Waals surface area contributed by atoms with Gasteiger partial charge in [0, 0.05) is 25.0 Å². The van der Waals surface area contributed by atoms with E-state index in [0.29, 0.717) is 24.7 Å². The number of carbonyl (C=O) groups excluding carboxylic acids is 1. The molecule has 1 amide bonds. The van der Waals surface area contributed by atoms with Crippen molar-refractivity contribution in [2.75, 3.05) is 13.3 Å². The van der Waals surface area contributed by atoms with Crippen LogP contribution in [0.15, 0.2) is 35.2 Å². The maximum Gasteiger partial charge on any atom is 0.272 e. The summed E-state index contributed by atoms with van der Waals surface area (Å²) in [5.74, 6) is 0.550. The third kappa shape index (κ3) is 4.63. The monoisotopic (exact) mass is 345 g/mol. The Hall–Kier alpha value is -1.75. The van der Waals surface area contributed by atoms with Gasteiger partial charge in [-0.1, -0.05) is 26.0 Å². The molecule has 24 heavy (non-hydrogen) atoms. The van der Waals surface area contributed by atoms with Crippen molar-refractivity contribution in [3.05, 3.63) is 47.3 Å². The van der Waals surface area contributed by atoms with Gasteiger partial charge in [0.15, 0.2) is 0 Å². The van der Waals surface area contributed by atoms with Crippen molar-refractivity contribution in [2.24, 2.45) is 5.92 Å². The summed E-state index contributed by atoms with van der Waals surface area (Å²) in [5.41, 5.74) is 2.81. The number of carbonyl (C=O) groups is 1. The summed E-state index contributed by atoms with van der Waals surface area (Å²) in [4.78, 5) is 15.8. The summed E-state index contributed by atoms with van der Waals surface area (Å²) in [6.07, 6.45) is 2.96. The number of rotatable bonds is 7. The van der Waals surface area contributed by atoms with Crippen molar-refractivity contribution in [1.29, 1.82) is 0 Å². The zero-order chi connectivity index (χ0) is 17.7. The molecule has 0 radical (unpaired) electrons. The van der Waals surface area contributed by atoms with E-state index in [1.54, 1.807) is 16.7 Å². The van der Waals surface area contributed by atoms with Gasteiger partial charge >= 0.3 is 0 Å². The van der Waals surface area contributed by atoms with E-state index < -0.39 is 0 Å². The molecule has 0 aliphatic carbocycles. The van der Waals surface area contributed by atoms with Crippen molar-refractivity contribution in [1.82, 2.24) is 14.7 Å². The zero-order valence-corrected chi connectivity index (χ0v) is 16.1. The first-order valence-electron chi connectivity index (χ1n) is 8.39. The third-order valence-corrected chi connectivity index (χ3v) is 4.59. The molecule has 0 bridgehead atoms. The van der Waals surface area contributed by atoms with E-state index in [0.717, 1.165) is 17.7 Å². The van der Waals surface area contributed by atoms with Crippen molar-refractivity contribution >= 4 is 17.7 Å². The van der Waals surface area contributed by atoms with Crippen LogP contribution in [0.25, 0.3) is 0 Å². The second kappa shape index (κ2) is 8.38. The zero-order valence-electron chi connectivity index (χ0n) is 15.2. The summed E-state index contributed by atoms with van der Waals surface area (Å²) in [6, 6.07) is 10.3. The molecular weight excluding hydrogens is 318 g/mol. The van der Waals surface area contributed by atoms with Gasteiger partial charge in [0.25, 0.3) is 5.91 Å². The maximum absolute atomic E-state index is 12.8.